The molecular formula is C9H9NO. The van der Waals surface area contributed by atoms with Gasteiger partial charge in [0, 0.05) is 6.42 Å². The molecule has 0 unspecified atom stereocenters. The normalized spacial score (nSPS) is 8.45. The SMILES string of the molecule is CCC#Cc1ccc(O)cn1. The van der Waals surface area contributed by atoms with Gasteiger partial charge in [0.1, 0.15) is 11.4 Å². The fourth-order valence-electron chi connectivity index (χ4n) is 0.639. The first-order valence-corrected chi connectivity index (χ1v) is 3.47. The summed E-state index contributed by atoms with van der Waals surface area (Å²) < 4.78 is 0. The number of pyridine rings is 1. The zero-order chi connectivity index (χ0) is 8.10. The second-order valence-electron chi connectivity index (χ2n) is 2.06. The quantitative estimate of drug-likeness (QED) is 0.565. The predicted molar refractivity (Wildman–Crippen MR) is 43.1 cm³/mol. The van der Waals surface area contributed by atoms with Crippen molar-refractivity contribution in [2.45, 2.75) is 13.3 Å². The smallest absolute Gasteiger partial charge is 0.133 e. The third-order valence-corrected chi connectivity index (χ3v) is 1.14. The van der Waals surface area contributed by atoms with Crippen molar-refractivity contribution < 1.29 is 5.11 Å². The first-order chi connectivity index (χ1) is 5.33. The molecule has 0 spiro atoms. The van der Waals surface area contributed by atoms with Gasteiger partial charge in [-0.2, -0.15) is 0 Å². The van der Waals surface area contributed by atoms with E-state index in [1.54, 1.807) is 12.1 Å². The minimum atomic E-state index is 0.173. The molecule has 0 bridgehead atoms. The van der Waals surface area contributed by atoms with Crippen LogP contribution in [0.1, 0.15) is 19.0 Å². The fraction of sp³-hybridized carbons (Fsp3) is 0.222. The van der Waals surface area contributed by atoms with Crippen molar-refractivity contribution in [3.8, 4) is 17.6 Å². The van der Waals surface area contributed by atoms with E-state index in [0.717, 1.165) is 6.42 Å². The molecule has 11 heavy (non-hydrogen) atoms. The van der Waals surface area contributed by atoms with E-state index in [4.69, 9.17) is 5.11 Å². The van der Waals surface area contributed by atoms with E-state index in [-0.39, 0.29) is 5.75 Å². The lowest BCUT2D eigenvalue weighted by molar-refractivity contribution is 0.472. The Morgan fingerprint density at radius 2 is 2.36 bits per heavy atom. The minimum absolute atomic E-state index is 0.173. The summed E-state index contributed by atoms with van der Waals surface area (Å²) in [7, 11) is 0. The van der Waals surface area contributed by atoms with E-state index < -0.39 is 0 Å². The van der Waals surface area contributed by atoms with Crippen molar-refractivity contribution in [1.82, 2.24) is 4.98 Å². The van der Waals surface area contributed by atoms with Gasteiger partial charge in [0.25, 0.3) is 0 Å². The van der Waals surface area contributed by atoms with Crippen LogP contribution in [0.4, 0.5) is 0 Å². The molecule has 0 saturated carbocycles. The summed E-state index contributed by atoms with van der Waals surface area (Å²) in [4.78, 5) is 3.89. The molecule has 0 aliphatic rings. The van der Waals surface area contributed by atoms with Crippen LogP contribution in [0.5, 0.6) is 5.75 Å². The van der Waals surface area contributed by atoms with Gasteiger partial charge < -0.3 is 5.11 Å². The second-order valence-corrected chi connectivity index (χ2v) is 2.06. The zero-order valence-electron chi connectivity index (χ0n) is 6.33. The summed E-state index contributed by atoms with van der Waals surface area (Å²) in [6, 6.07) is 3.27. The number of hydrogen-bond acceptors (Lipinski definition) is 2. The largest absolute Gasteiger partial charge is 0.506 e. The highest BCUT2D eigenvalue weighted by molar-refractivity contribution is 5.30. The van der Waals surface area contributed by atoms with Crippen LogP contribution in [0.15, 0.2) is 18.3 Å². The van der Waals surface area contributed by atoms with Crippen molar-refractivity contribution in [3.05, 3.63) is 24.0 Å². The molecule has 0 fully saturated rings. The summed E-state index contributed by atoms with van der Waals surface area (Å²) in [6.07, 6.45) is 2.21. The molecule has 0 amide bonds. The molecule has 1 rings (SSSR count). The molecular weight excluding hydrogens is 138 g/mol. The van der Waals surface area contributed by atoms with Crippen molar-refractivity contribution >= 4 is 0 Å². The Morgan fingerprint density at radius 3 is 2.91 bits per heavy atom. The molecule has 1 aromatic heterocycles. The first-order valence-electron chi connectivity index (χ1n) is 3.47. The van der Waals surface area contributed by atoms with E-state index >= 15 is 0 Å². The molecule has 1 aromatic rings. The highest BCUT2D eigenvalue weighted by Crippen LogP contribution is 2.04. The molecule has 2 nitrogen and oxygen atoms in total. The molecule has 0 atom stereocenters. The average molecular weight is 147 g/mol. The second kappa shape index (κ2) is 3.62. The zero-order valence-corrected chi connectivity index (χ0v) is 6.33. The standard InChI is InChI=1S/C9H9NO/c1-2-3-4-8-5-6-9(11)7-10-8/h5-7,11H,2H2,1H3. The van der Waals surface area contributed by atoms with Gasteiger partial charge in [0.2, 0.25) is 0 Å². The van der Waals surface area contributed by atoms with Crippen LogP contribution in [0.2, 0.25) is 0 Å². The summed E-state index contributed by atoms with van der Waals surface area (Å²) in [5.74, 6) is 5.91. The molecule has 0 saturated heterocycles. The lowest BCUT2D eigenvalue weighted by Gasteiger charge is -1.89. The number of aromatic hydroxyl groups is 1. The fourth-order valence-corrected chi connectivity index (χ4v) is 0.639. The van der Waals surface area contributed by atoms with Crippen LogP contribution in [0.3, 0.4) is 0 Å². The van der Waals surface area contributed by atoms with Gasteiger partial charge in [-0.1, -0.05) is 12.8 Å². The van der Waals surface area contributed by atoms with Crippen LogP contribution < -0.4 is 0 Å². The highest BCUT2D eigenvalue weighted by atomic mass is 16.3. The van der Waals surface area contributed by atoms with Gasteiger partial charge in [-0.25, -0.2) is 4.98 Å². The van der Waals surface area contributed by atoms with Gasteiger partial charge in [0.05, 0.1) is 6.20 Å². The molecule has 2 heteroatoms. The number of hydrogen-bond donors (Lipinski definition) is 1. The lowest BCUT2D eigenvalue weighted by Crippen LogP contribution is -1.78. The minimum Gasteiger partial charge on any atom is -0.506 e. The average Bonchev–Trinajstić information content (AvgIpc) is 2.04. The predicted octanol–water partition coefficient (Wildman–Crippen LogP) is 1.55. The third kappa shape index (κ3) is 2.30. The first kappa shape index (κ1) is 7.62. The van der Waals surface area contributed by atoms with Gasteiger partial charge in [0.15, 0.2) is 0 Å². The highest BCUT2D eigenvalue weighted by Gasteiger charge is 1.87. The number of nitrogens with zero attached hydrogens (tertiary/aromatic N) is 1. The maximum atomic E-state index is 8.87. The van der Waals surface area contributed by atoms with Crippen LogP contribution in [0, 0.1) is 11.8 Å². The maximum Gasteiger partial charge on any atom is 0.133 e. The van der Waals surface area contributed by atoms with Crippen molar-refractivity contribution in [1.29, 1.82) is 0 Å². The van der Waals surface area contributed by atoms with Crippen LogP contribution in [-0.2, 0) is 0 Å². The molecule has 0 aromatic carbocycles. The number of aromatic nitrogens is 1. The molecule has 0 radical (unpaired) electrons. The molecule has 1 N–H and O–H groups in total. The van der Waals surface area contributed by atoms with E-state index in [1.807, 2.05) is 6.92 Å². The Hall–Kier alpha value is -1.49. The Morgan fingerprint density at radius 1 is 1.55 bits per heavy atom. The van der Waals surface area contributed by atoms with E-state index in [2.05, 4.69) is 16.8 Å². The maximum absolute atomic E-state index is 8.87. The number of rotatable bonds is 0. The van der Waals surface area contributed by atoms with Gasteiger partial charge in [-0.3, -0.25) is 0 Å². The molecule has 1 heterocycles. The Balaban J connectivity index is 2.82. The lowest BCUT2D eigenvalue weighted by atomic mass is 10.3. The Bertz CT molecular complexity index is 279. The summed E-state index contributed by atoms with van der Waals surface area (Å²) in [5, 5.41) is 8.87. The van der Waals surface area contributed by atoms with Crippen molar-refractivity contribution in [2.75, 3.05) is 0 Å². The van der Waals surface area contributed by atoms with Crippen LogP contribution >= 0.6 is 0 Å². The molecule has 0 aliphatic carbocycles. The van der Waals surface area contributed by atoms with Crippen molar-refractivity contribution in [3.63, 3.8) is 0 Å². The van der Waals surface area contributed by atoms with Crippen molar-refractivity contribution in [2.24, 2.45) is 0 Å². The van der Waals surface area contributed by atoms with E-state index in [0.29, 0.717) is 5.69 Å². The summed E-state index contributed by atoms with van der Waals surface area (Å²) in [5.41, 5.74) is 0.699. The molecule has 56 valence electrons. The van der Waals surface area contributed by atoms with Gasteiger partial charge >= 0.3 is 0 Å². The van der Waals surface area contributed by atoms with E-state index in [9.17, 15) is 0 Å². The van der Waals surface area contributed by atoms with E-state index in [1.165, 1.54) is 6.20 Å². The van der Waals surface area contributed by atoms with Gasteiger partial charge in [-0.15, -0.1) is 0 Å². The third-order valence-electron chi connectivity index (χ3n) is 1.14. The monoisotopic (exact) mass is 147 g/mol. The Kier molecular flexibility index (Phi) is 2.51. The van der Waals surface area contributed by atoms with Crippen LogP contribution in [-0.4, -0.2) is 10.1 Å². The van der Waals surface area contributed by atoms with Gasteiger partial charge in [-0.05, 0) is 18.1 Å². The molecule has 0 aliphatic heterocycles. The summed E-state index contributed by atoms with van der Waals surface area (Å²) in [6.45, 7) is 1.98. The topological polar surface area (TPSA) is 33.1 Å². The van der Waals surface area contributed by atoms with Crippen LogP contribution in [0.25, 0.3) is 0 Å². The Labute approximate surface area is 65.9 Å². The summed E-state index contributed by atoms with van der Waals surface area (Å²) >= 11 is 0.